The number of methoxy groups -OCH3 is 1. The Hall–Kier alpha value is -2.81. The van der Waals surface area contributed by atoms with Gasteiger partial charge in [-0.05, 0) is 42.5 Å². The summed E-state index contributed by atoms with van der Waals surface area (Å²) in [6.45, 7) is 5.15. The molecule has 0 spiro atoms. The van der Waals surface area contributed by atoms with Gasteiger partial charge in [0.05, 0.1) is 19.8 Å². The highest BCUT2D eigenvalue weighted by Crippen LogP contribution is 2.17. The number of morpholine rings is 1. The van der Waals surface area contributed by atoms with Crippen LogP contribution in [0.15, 0.2) is 48.5 Å². The SMILES string of the molecule is COc1cccc(C(=O)N2CCN(CC3CN(C(=O)COc4ccc(Cl)cc4)CCO3)CC2)c1. The summed E-state index contributed by atoms with van der Waals surface area (Å²) in [7, 11) is 1.59. The van der Waals surface area contributed by atoms with Gasteiger partial charge in [0.15, 0.2) is 6.61 Å². The van der Waals surface area contributed by atoms with Crippen LogP contribution in [0.25, 0.3) is 0 Å². The lowest BCUT2D eigenvalue weighted by Crippen LogP contribution is -2.54. The molecule has 2 fully saturated rings. The van der Waals surface area contributed by atoms with Gasteiger partial charge in [-0.2, -0.15) is 0 Å². The van der Waals surface area contributed by atoms with E-state index in [0.717, 1.165) is 19.6 Å². The number of carbonyl (C=O) groups is 2. The fourth-order valence-corrected chi connectivity index (χ4v) is 4.31. The Morgan fingerprint density at radius 3 is 2.50 bits per heavy atom. The van der Waals surface area contributed by atoms with Gasteiger partial charge in [0.25, 0.3) is 11.8 Å². The van der Waals surface area contributed by atoms with Crippen LogP contribution in [0.3, 0.4) is 0 Å². The smallest absolute Gasteiger partial charge is 0.260 e. The minimum Gasteiger partial charge on any atom is -0.497 e. The Bertz CT molecular complexity index is 979. The summed E-state index contributed by atoms with van der Waals surface area (Å²) in [6.07, 6.45) is -0.0612. The van der Waals surface area contributed by atoms with Gasteiger partial charge in [-0.25, -0.2) is 0 Å². The monoisotopic (exact) mass is 487 g/mol. The quantitative estimate of drug-likeness (QED) is 0.597. The van der Waals surface area contributed by atoms with Gasteiger partial charge in [0.2, 0.25) is 0 Å². The van der Waals surface area contributed by atoms with E-state index in [1.807, 2.05) is 23.1 Å². The van der Waals surface area contributed by atoms with E-state index >= 15 is 0 Å². The van der Waals surface area contributed by atoms with Crippen molar-refractivity contribution in [3.05, 3.63) is 59.1 Å². The molecule has 2 aliphatic rings. The number of hydrogen-bond acceptors (Lipinski definition) is 6. The number of carbonyl (C=O) groups excluding carboxylic acids is 2. The van der Waals surface area contributed by atoms with Crippen LogP contribution in [-0.2, 0) is 9.53 Å². The predicted molar refractivity (Wildman–Crippen MR) is 129 cm³/mol. The summed E-state index contributed by atoms with van der Waals surface area (Å²) in [6, 6.07) is 14.2. The van der Waals surface area contributed by atoms with Gasteiger partial charge in [0.1, 0.15) is 11.5 Å². The molecular formula is C25H30ClN3O5. The third-order valence-electron chi connectivity index (χ3n) is 6.11. The van der Waals surface area contributed by atoms with Crippen LogP contribution >= 0.6 is 11.6 Å². The lowest BCUT2D eigenvalue weighted by atomic mass is 10.1. The molecule has 2 amide bonds. The number of piperazine rings is 1. The Labute approximate surface area is 204 Å². The first-order valence-electron chi connectivity index (χ1n) is 11.5. The Morgan fingerprint density at radius 2 is 1.76 bits per heavy atom. The van der Waals surface area contributed by atoms with Gasteiger partial charge >= 0.3 is 0 Å². The van der Waals surface area contributed by atoms with Crippen molar-refractivity contribution in [3.8, 4) is 11.5 Å². The molecule has 182 valence electrons. The standard InChI is InChI=1S/C25H30ClN3O5/c1-32-22-4-2-3-19(15-22)25(31)28-11-9-27(10-12-28)16-23-17-29(13-14-33-23)24(30)18-34-21-7-5-20(26)6-8-21/h2-8,15,23H,9-14,16-18H2,1H3. The molecule has 0 aromatic heterocycles. The minimum atomic E-state index is -0.0612. The zero-order chi connectivity index (χ0) is 23.9. The fourth-order valence-electron chi connectivity index (χ4n) is 4.18. The summed E-state index contributed by atoms with van der Waals surface area (Å²) in [5.74, 6) is 1.25. The summed E-state index contributed by atoms with van der Waals surface area (Å²) >= 11 is 5.88. The maximum absolute atomic E-state index is 12.8. The molecule has 1 atom stereocenters. The average molecular weight is 488 g/mol. The zero-order valence-corrected chi connectivity index (χ0v) is 20.1. The van der Waals surface area contributed by atoms with E-state index in [1.54, 1.807) is 42.3 Å². The van der Waals surface area contributed by atoms with E-state index in [0.29, 0.717) is 54.9 Å². The maximum atomic E-state index is 12.8. The van der Waals surface area contributed by atoms with E-state index in [9.17, 15) is 9.59 Å². The van der Waals surface area contributed by atoms with Crippen LogP contribution in [0, 0.1) is 0 Å². The second kappa shape index (κ2) is 11.6. The molecule has 1 unspecified atom stereocenters. The second-order valence-electron chi connectivity index (χ2n) is 8.40. The number of benzene rings is 2. The molecule has 0 aliphatic carbocycles. The van der Waals surface area contributed by atoms with Crippen LogP contribution in [0.5, 0.6) is 11.5 Å². The summed E-state index contributed by atoms with van der Waals surface area (Å²) in [5, 5.41) is 0.625. The van der Waals surface area contributed by atoms with Crippen molar-refractivity contribution in [1.29, 1.82) is 0 Å². The molecule has 2 heterocycles. The summed E-state index contributed by atoms with van der Waals surface area (Å²) in [4.78, 5) is 31.4. The number of halogens is 1. The molecule has 8 nitrogen and oxygen atoms in total. The molecular weight excluding hydrogens is 458 g/mol. The normalized spacial score (nSPS) is 19.1. The predicted octanol–water partition coefficient (Wildman–Crippen LogP) is 2.41. The lowest BCUT2D eigenvalue weighted by molar-refractivity contribution is -0.141. The second-order valence-corrected chi connectivity index (χ2v) is 8.84. The van der Waals surface area contributed by atoms with Crippen molar-refractivity contribution >= 4 is 23.4 Å². The number of nitrogens with zero attached hydrogens (tertiary/aromatic N) is 3. The lowest BCUT2D eigenvalue weighted by Gasteiger charge is -2.39. The van der Waals surface area contributed by atoms with Crippen molar-refractivity contribution in [2.24, 2.45) is 0 Å². The first kappa shape index (κ1) is 24.3. The molecule has 4 rings (SSSR count). The van der Waals surface area contributed by atoms with Crippen LogP contribution in [0.4, 0.5) is 0 Å². The molecule has 2 aromatic rings. The fraction of sp³-hybridized carbons (Fsp3) is 0.440. The van der Waals surface area contributed by atoms with Gasteiger partial charge < -0.3 is 24.0 Å². The third kappa shape index (κ3) is 6.40. The number of amides is 2. The highest BCUT2D eigenvalue weighted by atomic mass is 35.5. The number of hydrogen-bond donors (Lipinski definition) is 0. The minimum absolute atomic E-state index is 0.0145. The van der Waals surface area contributed by atoms with E-state index in [4.69, 9.17) is 25.8 Å². The molecule has 34 heavy (non-hydrogen) atoms. The van der Waals surface area contributed by atoms with Crippen molar-refractivity contribution in [1.82, 2.24) is 14.7 Å². The van der Waals surface area contributed by atoms with Gasteiger partial charge in [-0.15, -0.1) is 0 Å². The van der Waals surface area contributed by atoms with E-state index < -0.39 is 0 Å². The van der Waals surface area contributed by atoms with Gasteiger partial charge in [-0.3, -0.25) is 14.5 Å². The van der Waals surface area contributed by atoms with E-state index in [2.05, 4.69) is 4.90 Å². The van der Waals surface area contributed by atoms with Crippen LogP contribution in [-0.4, -0.2) is 98.8 Å². The Morgan fingerprint density at radius 1 is 1.00 bits per heavy atom. The summed E-state index contributed by atoms with van der Waals surface area (Å²) in [5.41, 5.74) is 0.637. The van der Waals surface area contributed by atoms with E-state index in [-0.39, 0.29) is 24.5 Å². The summed E-state index contributed by atoms with van der Waals surface area (Å²) < 4.78 is 16.7. The van der Waals surface area contributed by atoms with Crippen molar-refractivity contribution < 1.29 is 23.8 Å². The van der Waals surface area contributed by atoms with Crippen molar-refractivity contribution in [2.75, 3.05) is 66.1 Å². The highest BCUT2D eigenvalue weighted by molar-refractivity contribution is 6.30. The van der Waals surface area contributed by atoms with Crippen LogP contribution in [0.1, 0.15) is 10.4 Å². The number of rotatable bonds is 7. The number of ether oxygens (including phenoxy) is 3. The van der Waals surface area contributed by atoms with Gasteiger partial charge in [0, 0.05) is 56.4 Å². The molecule has 0 saturated carbocycles. The molecule has 9 heteroatoms. The average Bonchev–Trinajstić information content (AvgIpc) is 2.88. The molecule has 0 bridgehead atoms. The van der Waals surface area contributed by atoms with Crippen LogP contribution in [0.2, 0.25) is 5.02 Å². The van der Waals surface area contributed by atoms with Crippen molar-refractivity contribution in [3.63, 3.8) is 0 Å². The highest BCUT2D eigenvalue weighted by Gasteiger charge is 2.28. The zero-order valence-electron chi connectivity index (χ0n) is 19.3. The molecule has 0 N–H and O–H groups in total. The Kier molecular flexibility index (Phi) is 8.26. The first-order chi connectivity index (χ1) is 16.5. The first-order valence-corrected chi connectivity index (χ1v) is 11.8. The van der Waals surface area contributed by atoms with Crippen molar-refractivity contribution in [2.45, 2.75) is 6.10 Å². The Balaban J connectivity index is 1.21. The molecule has 2 aliphatic heterocycles. The molecule has 2 aromatic carbocycles. The largest absolute Gasteiger partial charge is 0.497 e. The molecule has 2 saturated heterocycles. The van der Waals surface area contributed by atoms with E-state index in [1.165, 1.54) is 0 Å². The topological polar surface area (TPSA) is 71.6 Å². The molecule has 0 radical (unpaired) electrons. The third-order valence-corrected chi connectivity index (χ3v) is 6.36. The van der Waals surface area contributed by atoms with Crippen LogP contribution < -0.4 is 9.47 Å². The van der Waals surface area contributed by atoms with Gasteiger partial charge in [-0.1, -0.05) is 17.7 Å². The maximum Gasteiger partial charge on any atom is 0.260 e.